The maximum absolute atomic E-state index is 13.3. The van der Waals surface area contributed by atoms with E-state index < -0.39 is 0 Å². The third-order valence-corrected chi connectivity index (χ3v) is 5.45. The molecule has 1 aliphatic rings. The van der Waals surface area contributed by atoms with Crippen LogP contribution in [0.25, 0.3) is 5.57 Å². The zero-order valence-corrected chi connectivity index (χ0v) is 17.6. The summed E-state index contributed by atoms with van der Waals surface area (Å²) in [5, 5.41) is 3.75. The van der Waals surface area contributed by atoms with Gasteiger partial charge in [0.25, 0.3) is 11.8 Å². The van der Waals surface area contributed by atoms with E-state index in [0.717, 1.165) is 11.1 Å². The molecule has 0 aliphatic carbocycles. The minimum atomic E-state index is -0.389. The molecule has 0 atom stereocenters. The highest BCUT2D eigenvalue weighted by molar-refractivity contribution is 6.36. The summed E-state index contributed by atoms with van der Waals surface area (Å²) in [6.45, 7) is 2.08. The summed E-state index contributed by atoms with van der Waals surface area (Å²) in [7, 11) is 0. The predicted molar refractivity (Wildman–Crippen MR) is 120 cm³/mol. The number of nitrogens with one attached hydrogen (secondary N) is 1. The molecule has 3 aromatic carbocycles. The number of amides is 2. The molecule has 0 saturated heterocycles. The topological polar surface area (TPSA) is 49.4 Å². The lowest BCUT2D eigenvalue weighted by molar-refractivity contribution is -0.136. The maximum atomic E-state index is 13.3. The molecule has 0 fully saturated rings. The predicted octanol–water partition coefficient (Wildman–Crippen LogP) is 5.22. The van der Waals surface area contributed by atoms with Crippen LogP contribution in [0.3, 0.4) is 0 Å². The first kappa shape index (κ1) is 20.8. The monoisotopic (exact) mass is 434 g/mol. The van der Waals surface area contributed by atoms with Crippen LogP contribution < -0.4 is 5.32 Å². The Kier molecular flexibility index (Phi) is 5.87. The van der Waals surface area contributed by atoms with Crippen LogP contribution in [0, 0.1) is 12.7 Å². The second-order valence-corrected chi connectivity index (χ2v) is 7.78. The fourth-order valence-corrected chi connectivity index (χ4v) is 3.79. The van der Waals surface area contributed by atoms with Gasteiger partial charge in [-0.05, 0) is 60.4 Å². The molecule has 4 nitrogen and oxygen atoms in total. The van der Waals surface area contributed by atoms with E-state index in [9.17, 15) is 14.0 Å². The number of imide groups is 1. The molecular weight excluding hydrogens is 415 g/mol. The largest absolute Gasteiger partial charge is 0.350 e. The third kappa shape index (κ3) is 4.37. The second kappa shape index (κ2) is 8.74. The normalized spacial score (nSPS) is 13.8. The van der Waals surface area contributed by atoms with Gasteiger partial charge in [0.15, 0.2) is 0 Å². The van der Waals surface area contributed by atoms with Crippen molar-refractivity contribution < 1.29 is 14.0 Å². The zero-order valence-electron chi connectivity index (χ0n) is 16.9. The summed E-state index contributed by atoms with van der Waals surface area (Å²) in [5.41, 5.74) is 3.64. The van der Waals surface area contributed by atoms with Gasteiger partial charge in [-0.25, -0.2) is 4.39 Å². The van der Waals surface area contributed by atoms with E-state index in [1.165, 1.54) is 17.0 Å². The molecule has 1 N–H and O–H groups in total. The number of carbonyl (C=O) groups is 2. The number of anilines is 1. The Morgan fingerprint density at radius 3 is 2.32 bits per heavy atom. The minimum absolute atomic E-state index is 0.199. The molecule has 0 unspecified atom stereocenters. The quantitative estimate of drug-likeness (QED) is 0.541. The van der Waals surface area contributed by atoms with Gasteiger partial charge in [-0.2, -0.15) is 0 Å². The molecule has 0 bridgehead atoms. The van der Waals surface area contributed by atoms with Crippen molar-refractivity contribution in [3.63, 3.8) is 0 Å². The number of rotatable bonds is 6. The first-order valence-corrected chi connectivity index (χ1v) is 10.3. The summed E-state index contributed by atoms with van der Waals surface area (Å²) in [6.07, 6.45) is 0.438. The Balaban J connectivity index is 1.66. The highest BCUT2D eigenvalue weighted by atomic mass is 35.5. The molecule has 31 heavy (non-hydrogen) atoms. The number of halogens is 2. The van der Waals surface area contributed by atoms with E-state index in [-0.39, 0.29) is 29.9 Å². The number of aryl methyl sites for hydroxylation is 1. The van der Waals surface area contributed by atoms with Crippen molar-refractivity contribution in [2.45, 2.75) is 13.3 Å². The zero-order chi connectivity index (χ0) is 22.0. The lowest BCUT2D eigenvalue weighted by Gasteiger charge is -2.16. The molecule has 0 aromatic heterocycles. The molecule has 2 amide bonds. The van der Waals surface area contributed by atoms with Crippen molar-refractivity contribution in [1.82, 2.24) is 4.90 Å². The Morgan fingerprint density at radius 2 is 1.65 bits per heavy atom. The van der Waals surface area contributed by atoms with Crippen LogP contribution in [0.4, 0.5) is 10.1 Å². The van der Waals surface area contributed by atoms with E-state index in [0.29, 0.717) is 28.3 Å². The number of benzene rings is 3. The van der Waals surface area contributed by atoms with Crippen molar-refractivity contribution in [3.05, 3.63) is 106 Å². The van der Waals surface area contributed by atoms with Crippen LogP contribution in [0.1, 0.15) is 16.7 Å². The Labute approximate surface area is 185 Å². The van der Waals surface area contributed by atoms with E-state index in [1.807, 2.05) is 25.1 Å². The lowest BCUT2D eigenvalue weighted by atomic mass is 10.0. The molecule has 156 valence electrons. The fourth-order valence-electron chi connectivity index (χ4n) is 3.56. The van der Waals surface area contributed by atoms with Gasteiger partial charge in [-0.1, -0.05) is 54.1 Å². The Morgan fingerprint density at radius 1 is 0.935 bits per heavy atom. The van der Waals surface area contributed by atoms with Crippen LogP contribution in [-0.4, -0.2) is 23.3 Å². The number of hydrogen-bond acceptors (Lipinski definition) is 3. The summed E-state index contributed by atoms with van der Waals surface area (Å²) >= 11 is 6.05. The molecule has 0 radical (unpaired) electrons. The van der Waals surface area contributed by atoms with Gasteiger partial charge >= 0.3 is 0 Å². The van der Waals surface area contributed by atoms with Gasteiger partial charge in [0.05, 0.1) is 5.57 Å². The van der Waals surface area contributed by atoms with Gasteiger partial charge < -0.3 is 5.32 Å². The maximum Gasteiger partial charge on any atom is 0.278 e. The molecule has 3 aromatic rings. The highest BCUT2D eigenvalue weighted by Crippen LogP contribution is 2.32. The second-order valence-electron chi connectivity index (χ2n) is 7.34. The summed E-state index contributed by atoms with van der Waals surface area (Å²) < 4.78 is 13.2. The molecule has 6 heteroatoms. The van der Waals surface area contributed by atoms with E-state index in [1.54, 1.807) is 42.5 Å². The van der Waals surface area contributed by atoms with Crippen molar-refractivity contribution >= 4 is 34.7 Å². The summed E-state index contributed by atoms with van der Waals surface area (Å²) in [6, 6.07) is 20.5. The van der Waals surface area contributed by atoms with Crippen molar-refractivity contribution in [2.24, 2.45) is 0 Å². The van der Waals surface area contributed by atoms with Gasteiger partial charge in [0.1, 0.15) is 11.5 Å². The van der Waals surface area contributed by atoms with Gasteiger partial charge in [-0.3, -0.25) is 14.5 Å². The average Bonchev–Trinajstić information content (AvgIpc) is 2.99. The molecule has 1 heterocycles. The molecule has 1 aliphatic heterocycles. The van der Waals surface area contributed by atoms with Crippen LogP contribution in [0.5, 0.6) is 0 Å². The summed E-state index contributed by atoms with van der Waals surface area (Å²) in [5.74, 6) is -1.07. The van der Waals surface area contributed by atoms with Crippen molar-refractivity contribution in [2.75, 3.05) is 11.9 Å². The summed E-state index contributed by atoms with van der Waals surface area (Å²) in [4.78, 5) is 27.7. The van der Waals surface area contributed by atoms with Gasteiger partial charge in [0, 0.05) is 17.3 Å². The minimum Gasteiger partial charge on any atom is -0.350 e. The SMILES string of the molecule is Cc1cc(Cl)ccc1NC1=C(c2ccccc2)C(=O)N(CCc2ccc(F)cc2)C1=O. The number of nitrogens with zero attached hydrogens (tertiary/aromatic N) is 1. The van der Waals surface area contributed by atoms with Gasteiger partial charge in [0.2, 0.25) is 0 Å². The molecule has 0 spiro atoms. The van der Waals surface area contributed by atoms with Crippen molar-refractivity contribution in [3.8, 4) is 0 Å². The first-order valence-electron chi connectivity index (χ1n) is 9.87. The van der Waals surface area contributed by atoms with Crippen LogP contribution in [0.2, 0.25) is 5.02 Å². The standard InChI is InChI=1S/C25H20ClFN2O2/c1-16-15-19(26)9-12-21(16)28-23-22(18-5-3-2-4-6-18)24(30)29(25(23)31)14-13-17-7-10-20(27)11-8-17/h2-12,15,28H,13-14H2,1H3. The number of hydrogen-bond donors (Lipinski definition) is 1. The molecular formula is C25H20ClFN2O2. The van der Waals surface area contributed by atoms with E-state index in [4.69, 9.17) is 11.6 Å². The first-order chi connectivity index (χ1) is 14.9. The fraction of sp³-hybridized carbons (Fsp3) is 0.120. The van der Waals surface area contributed by atoms with Crippen LogP contribution >= 0.6 is 11.6 Å². The average molecular weight is 435 g/mol. The van der Waals surface area contributed by atoms with Gasteiger partial charge in [-0.15, -0.1) is 0 Å². The van der Waals surface area contributed by atoms with Crippen molar-refractivity contribution in [1.29, 1.82) is 0 Å². The lowest BCUT2D eigenvalue weighted by Crippen LogP contribution is -2.34. The molecule has 4 rings (SSSR count). The van der Waals surface area contributed by atoms with E-state index in [2.05, 4.69) is 5.32 Å². The molecule has 0 saturated carbocycles. The smallest absolute Gasteiger partial charge is 0.278 e. The Hall–Kier alpha value is -3.44. The van der Waals surface area contributed by atoms with Crippen LogP contribution in [-0.2, 0) is 16.0 Å². The highest BCUT2D eigenvalue weighted by Gasteiger charge is 2.39. The van der Waals surface area contributed by atoms with E-state index >= 15 is 0 Å². The van der Waals surface area contributed by atoms with Crippen LogP contribution in [0.15, 0.2) is 78.5 Å². The Bertz CT molecular complexity index is 1170. The third-order valence-electron chi connectivity index (χ3n) is 5.22. The number of carbonyl (C=O) groups excluding carboxylic acids is 2.